The summed E-state index contributed by atoms with van der Waals surface area (Å²) >= 11 is 0. The number of aryl methyl sites for hydroxylation is 1. The average molecular weight is 196 g/mol. The molecule has 1 aromatic rings. The van der Waals surface area contributed by atoms with Crippen molar-refractivity contribution in [3.05, 3.63) is 38.8 Å². The van der Waals surface area contributed by atoms with Gasteiger partial charge < -0.3 is 9.36 Å². The van der Waals surface area contributed by atoms with Gasteiger partial charge in [0.15, 0.2) is 0 Å². The minimum atomic E-state index is -0.736. The molecule has 0 aliphatic heterocycles. The van der Waals surface area contributed by atoms with E-state index >= 15 is 0 Å². The van der Waals surface area contributed by atoms with Gasteiger partial charge in [-0.2, -0.15) is 0 Å². The maximum Gasteiger partial charge on any atom is 0.334 e. The number of nitrogens with zero attached hydrogens (tertiary/aromatic N) is 2. The largest absolute Gasteiger partial charge is 0.334 e. The molecule has 0 bridgehead atoms. The van der Waals surface area contributed by atoms with Gasteiger partial charge in [0.2, 0.25) is 0 Å². The SMILES string of the molecule is O=CCCn1cccc([N+](=O)[O-])c1=O. The predicted molar refractivity (Wildman–Crippen MR) is 48.0 cm³/mol. The molecule has 6 nitrogen and oxygen atoms in total. The second-order valence-electron chi connectivity index (χ2n) is 2.60. The Hall–Kier alpha value is -1.98. The van der Waals surface area contributed by atoms with Gasteiger partial charge in [-0.1, -0.05) is 0 Å². The number of carbonyl (C=O) groups excluding carboxylic acids is 1. The molecule has 0 aromatic carbocycles. The Labute approximate surface area is 78.9 Å². The molecule has 0 amide bonds. The third-order valence-electron chi connectivity index (χ3n) is 1.68. The maximum atomic E-state index is 11.3. The maximum absolute atomic E-state index is 11.3. The number of hydrogen-bond acceptors (Lipinski definition) is 4. The summed E-state index contributed by atoms with van der Waals surface area (Å²) in [6.07, 6.45) is 2.24. The summed E-state index contributed by atoms with van der Waals surface area (Å²) in [6.45, 7) is 0.171. The number of carbonyl (C=O) groups is 1. The molecule has 0 aliphatic rings. The van der Waals surface area contributed by atoms with Gasteiger partial charge in [0.1, 0.15) is 6.29 Å². The number of aromatic nitrogens is 1. The van der Waals surface area contributed by atoms with Gasteiger partial charge in [-0.3, -0.25) is 14.9 Å². The van der Waals surface area contributed by atoms with Crippen LogP contribution in [0.25, 0.3) is 0 Å². The van der Waals surface area contributed by atoms with Crippen molar-refractivity contribution in [2.75, 3.05) is 0 Å². The van der Waals surface area contributed by atoms with E-state index < -0.39 is 16.2 Å². The second-order valence-corrected chi connectivity index (χ2v) is 2.60. The average Bonchev–Trinajstić information content (AvgIpc) is 2.16. The molecule has 0 N–H and O–H groups in total. The van der Waals surface area contributed by atoms with Crippen LogP contribution in [0.2, 0.25) is 0 Å². The van der Waals surface area contributed by atoms with Crippen LogP contribution < -0.4 is 5.56 Å². The van der Waals surface area contributed by atoms with E-state index in [0.29, 0.717) is 6.29 Å². The van der Waals surface area contributed by atoms with Gasteiger partial charge in [0.05, 0.1) is 4.92 Å². The van der Waals surface area contributed by atoms with Gasteiger partial charge in [-0.25, -0.2) is 0 Å². The Morgan fingerprint density at radius 3 is 2.86 bits per heavy atom. The lowest BCUT2D eigenvalue weighted by molar-refractivity contribution is -0.386. The van der Waals surface area contributed by atoms with E-state index in [1.54, 1.807) is 0 Å². The summed E-state index contributed by atoms with van der Waals surface area (Å²) in [5.41, 5.74) is -1.15. The molecule has 0 aliphatic carbocycles. The van der Waals surface area contributed by atoms with E-state index in [1.165, 1.54) is 12.3 Å². The van der Waals surface area contributed by atoms with Gasteiger partial charge in [-0.15, -0.1) is 0 Å². The Bertz CT molecular complexity index is 410. The molecular weight excluding hydrogens is 188 g/mol. The highest BCUT2D eigenvalue weighted by Crippen LogP contribution is 2.01. The number of aldehydes is 1. The summed E-state index contributed by atoms with van der Waals surface area (Å²) < 4.78 is 1.15. The minimum Gasteiger partial charge on any atom is -0.309 e. The molecule has 1 aromatic heterocycles. The van der Waals surface area contributed by atoms with E-state index in [0.717, 1.165) is 10.6 Å². The minimum absolute atomic E-state index is 0.168. The smallest absolute Gasteiger partial charge is 0.309 e. The van der Waals surface area contributed by atoms with Crippen molar-refractivity contribution in [1.29, 1.82) is 0 Å². The molecule has 74 valence electrons. The van der Waals surface area contributed by atoms with Crippen molar-refractivity contribution in [2.45, 2.75) is 13.0 Å². The van der Waals surface area contributed by atoms with Gasteiger partial charge in [0.25, 0.3) is 0 Å². The van der Waals surface area contributed by atoms with E-state index in [9.17, 15) is 19.7 Å². The molecule has 0 spiro atoms. The first-order valence-electron chi connectivity index (χ1n) is 3.94. The summed E-state index contributed by atoms with van der Waals surface area (Å²) in [7, 11) is 0. The molecule has 1 heterocycles. The van der Waals surface area contributed by atoms with Crippen LogP contribution in [0.15, 0.2) is 23.1 Å². The highest BCUT2D eigenvalue weighted by molar-refractivity contribution is 5.49. The quantitative estimate of drug-likeness (QED) is 0.395. The van der Waals surface area contributed by atoms with E-state index in [-0.39, 0.29) is 13.0 Å². The molecule has 1 rings (SSSR count). The molecule has 14 heavy (non-hydrogen) atoms. The van der Waals surface area contributed by atoms with E-state index in [4.69, 9.17) is 0 Å². The predicted octanol–water partition coefficient (Wildman–Crippen LogP) is 0.346. The van der Waals surface area contributed by atoms with Crippen molar-refractivity contribution in [1.82, 2.24) is 4.57 Å². The molecule has 0 radical (unpaired) electrons. The molecule has 0 fully saturated rings. The lowest BCUT2D eigenvalue weighted by atomic mass is 10.4. The Kier molecular flexibility index (Phi) is 3.11. The fraction of sp³-hybridized carbons (Fsp3) is 0.250. The lowest BCUT2D eigenvalue weighted by Crippen LogP contribution is -2.21. The number of hydrogen-bond donors (Lipinski definition) is 0. The first kappa shape index (κ1) is 10.1. The summed E-state index contributed by atoms with van der Waals surface area (Å²) in [5.74, 6) is 0. The Balaban J connectivity index is 3.08. The van der Waals surface area contributed by atoms with E-state index in [1.807, 2.05) is 0 Å². The number of pyridine rings is 1. The third kappa shape index (κ3) is 2.03. The first-order valence-corrected chi connectivity index (χ1v) is 3.94. The van der Waals surface area contributed by atoms with Crippen LogP contribution in [0.3, 0.4) is 0 Å². The number of nitro groups is 1. The zero-order valence-corrected chi connectivity index (χ0v) is 7.25. The van der Waals surface area contributed by atoms with Crippen molar-refractivity contribution >= 4 is 12.0 Å². The first-order chi connectivity index (χ1) is 6.66. The van der Waals surface area contributed by atoms with Crippen molar-refractivity contribution < 1.29 is 9.72 Å². The summed E-state index contributed by atoms with van der Waals surface area (Å²) in [4.78, 5) is 31.0. The van der Waals surface area contributed by atoms with Gasteiger partial charge in [-0.05, 0) is 6.07 Å². The zero-order chi connectivity index (χ0) is 10.6. The zero-order valence-electron chi connectivity index (χ0n) is 7.25. The Morgan fingerprint density at radius 1 is 1.57 bits per heavy atom. The third-order valence-corrected chi connectivity index (χ3v) is 1.68. The fourth-order valence-corrected chi connectivity index (χ4v) is 1.03. The van der Waals surface area contributed by atoms with Crippen LogP contribution in [-0.2, 0) is 11.3 Å². The van der Waals surface area contributed by atoms with Gasteiger partial charge >= 0.3 is 11.2 Å². The van der Waals surface area contributed by atoms with Crippen LogP contribution in [0.5, 0.6) is 0 Å². The highest BCUT2D eigenvalue weighted by Gasteiger charge is 2.12. The van der Waals surface area contributed by atoms with Gasteiger partial charge in [0, 0.05) is 25.2 Å². The molecule has 0 atom stereocenters. The monoisotopic (exact) mass is 196 g/mol. The van der Waals surface area contributed by atoms with Crippen LogP contribution >= 0.6 is 0 Å². The van der Waals surface area contributed by atoms with Crippen molar-refractivity contribution in [3.8, 4) is 0 Å². The van der Waals surface area contributed by atoms with Crippen LogP contribution in [0, 0.1) is 10.1 Å². The van der Waals surface area contributed by atoms with Crippen LogP contribution in [0.1, 0.15) is 6.42 Å². The normalized spacial score (nSPS) is 9.71. The second kappa shape index (κ2) is 4.31. The van der Waals surface area contributed by atoms with E-state index in [2.05, 4.69) is 0 Å². The van der Waals surface area contributed by atoms with Crippen molar-refractivity contribution in [3.63, 3.8) is 0 Å². The molecule has 0 unspecified atom stereocenters. The summed E-state index contributed by atoms with van der Waals surface area (Å²) in [6, 6.07) is 2.55. The molecule has 0 saturated carbocycles. The standard InChI is InChI=1S/C8H8N2O4/c11-6-2-5-9-4-1-3-7(8(9)12)10(13)14/h1,3-4,6H,2,5H2. The summed E-state index contributed by atoms with van der Waals surface area (Å²) in [5, 5.41) is 10.4. The van der Waals surface area contributed by atoms with Crippen LogP contribution in [-0.4, -0.2) is 15.8 Å². The topological polar surface area (TPSA) is 82.2 Å². The van der Waals surface area contributed by atoms with Crippen LogP contribution in [0.4, 0.5) is 5.69 Å². The number of rotatable bonds is 4. The highest BCUT2D eigenvalue weighted by atomic mass is 16.6. The molecule has 6 heteroatoms. The Morgan fingerprint density at radius 2 is 2.29 bits per heavy atom. The van der Waals surface area contributed by atoms with Crippen molar-refractivity contribution in [2.24, 2.45) is 0 Å². The molecule has 0 saturated heterocycles. The fourth-order valence-electron chi connectivity index (χ4n) is 1.03. The lowest BCUT2D eigenvalue weighted by Gasteiger charge is -2.00. The molecular formula is C8H8N2O4.